The topological polar surface area (TPSA) is 17.0 Å². The highest BCUT2D eigenvalue weighted by Crippen LogP contribution is 2.47. The molecule has 2 fully saturated rings. The Hall–Kier alpha value is -3.46. The van der Waals surface area contributed by atoms with E-state index in [1.165, 1.54) is 50.5 Å². The number of benzene rings is 3. The minimum atomic E-state index is -0.232. The number of hydrogen-bond donors (Lipinski definition) is 0. The van der Waals surface area contributed by atoms with Gasteiger partial charge >= 0.3 is 0 Å². The van der Waals surface area contributed by atoms with Crippen molar-refractivity contribution in [2.24, 2.45) is 18.9 Å². The number of aromatic nitrogens is 1. The number of hydrogen-bond acceptors (Lipinski definition) is 1. The fourth-order valence-corrected chi connectivity index (χ4v) is 7.49. The molecule has 2 aliphatic rings. The first-order valence-electron chi connectivity index (χ1n) is 14.3. The van der Waals surface area contributed by atoms with Crippen LogP contribution in [0.2, 0.25) is 0 Å². The molecule has 0 amide bonds. The van der Waals surface area contributed by atoms with Crippen LogP contribution in [-0.2, 0) is 7.05 Å². The van der Waals surface area contributed by atoms with Gasteiger partial charge in [-0.1, -0.05) is 68.1 Å². The van der Waals surface area contributed by atoms with Gasteiger partial charge in [0.15, 0.2) is 11.8 Å². The van der Waals surface area contributed by atoms with Crippen molar-refractivity contribution in [3.63, 3.8) is 0 Å². The Balaban J connectivity index is 1.30. The van der Waals surface area contributed by atoms with Gasteiger partial charge in [-0.05, 0) is 72.8 Å². The average Bonchev–Trinajstić information content (AvgIpc) is 3.34. The van der Waals surface area contributed by atoms with Crippen molar-refractivity contribution in [3.8, 4) is 22.4 Å². The fourth-order valence-electron chi connectivity index (χ4n) is 7.49. The molecule has 2 aromatic heterocycles. The number of aryl methyl sites for hydroxylation is 2. The maximum absolute atomic E-state index is 15.5. The molecule has 3 atom stereocenters. The maximum atomic E-state index is 15.5. The summed E-state index contributed by atoms with van der Waals surface area (Å²) in [4.78, 5) is 0. The van der Waals surface area contributed by atoms with Gasteiger partial charge in [0.25, 0.3) is 0 Å². The number of fused-ring (bicyclic) bond motifs is 4. The zero-order valence-corrected chi connectivity index (χ0v) is 22.3. The molecular formula is C35H35FNO+. The smallest absolute Gasteiger partial charge is 0.216 e. The summed E-state index contributed by atoms with van der Waals surface area (Å²) in [6.07, 6.45) is 11.8. The quantitative estimate of drug-likeness (QED) is 0.224. The molecule has 0 spiro atoms. The summed E-state index contributed by atoms with van der Waals surface area (Å²) in [5.74, 6) is 2.34. The van der Waals surface area contributed by atoms with E-state index in [4.69, 9.17) is 4.42 Å². The van der Waals surface area contributed by atoms with Gasteiger partial charge < -0.3 is 4.42 Å². The summed E-state index contributed by atoms with van der Waals surface area (Å²) in [5.41, 5.74) is 7.79. The molecule has 3 heteroatoms. The largest absolute Gasteiger partial charge is 0.454 e. The molecule has 3 unspecified atom stereocenters. The van der Waals surface area contributed by atoms with Crippen LogP contribution < -0.4 is 4.57 Å². The number of halogens is 1. The van der Waals surface area contributed by atoms with E-state index in [0.29, 0.717) is 16.9 Å². The Morgan fingerprint density at radius 2 is 1.66 bits per heavy atom. The SMILES string of the molecule is Cc1cc(F)c2c(oc3c(-c4ccc(C5CCC6CCCCC6C5)cc4)cccc32)c1-c1cccc[n+]1C. The van der Waals surface area contributed by atoms with Gasteiger partial charge in [-0.15, -0.1) is 0 Å². The van der Waals surface area contributed by atoms with E-state index in [9.17, 15) is 0 Å². The molecule has 7 rings (SSSR count). The van der Waals surface area contributed by atoms with Crippen LogP contribution in [0.25, 0.3) is 44.3 Å². The first-order valence-corrected chi connectivity index (χ1v) is 14.3. The van der Waals surface area contributed by atoms with E-state index >= 15 is 4.39 Å². The predicted molar refractivity (Wildman–Crippen MR) is 153 cm³/mol. The molecule has 38 heavy (non-hydrogen) atoms. The Morgan fingerprint density at radius 1 is 0.842 bits per heavy atom. The number of pyridine rings is 1. The van der Waals surface area contributed by atoms with Gasteiger partial charge in [-0.25, -0.2) is 8.96 Å². The van der Waals surface area contributed by atoms with Crippen LogP contribution >= 0.6 is 0 Å². The third-order valence-corrected chi connectivity index (χ3v) is 9.46. The van der Waals surface area contributed by atoms with E-state index in [2.05, 4.69) is 41.0 Å². The zero-order valence-electron chi connectivity index (χ0n) is 22.3. The number of nitrogens with zero attached hydrogens (tertiary/aromatic N) is 1. The highest BCUT2D eigenvalue weighted by atomic mass is 19.1. The Labute approximate surface area is 224 Å². The molecule has 3 aromatic carbocycles. The van der Waals surface area contributed by atoms with Gasteiger partial charge in [0.2, 0.25) is 5.69 Å². The van der Waals surface area contributed by atoms with Gasteiger partial charge in [0.1, 0.15) is 18.4 Å². The molecule has 0 bridgehead atoms. The Bertz CT molecular complexity index is 1650. The van der Waals surface area contributed by atoms with Crippen molar-refractivity contribution in [3.05, 3.63) is 89.9 Å². The second kappa shape index (κ2) is 9.38. The summed E-state index contributed by atoms with van der Waals surface area (Å²) in [5, 5.41) is 1.39. The lowest BCUT2D eigenvalue weighted by Gasteiger charge is -2.39. The second-order valence-electron chi connectivity index (χ2n) is 11.7. The van der Waals surface area contributed by atoms with Gasteiger partial charge in [0.05, 0.1) is 10.9 Å². The molecule has 0 radical (unpaired) electrons. The standard InChI is InChI=1S/C35H35FNO/c1-22-20-30(36)33-29-11-7-10-28(34(29)38-35(33)32(22)31-12-5-6-19-37(31)2)25-16-13-24(14-17-25)27-18-15-23-8-3-4-9-26(23)21-27/h5-7,10-14,16-17,19-20,23,26-27H,3-4,8-9,15,18,21H2,1-2H3/q+1. The summed E-state index contributed by atoms with van der Waals surface area (Å²) >= 11 is 0. The molecular weight excluding hydrogens is 469 g/mol. The Kier molecular flexibility index (Phi) is 5.83. The number of para-hydroxylation sites is 1. The summed E-state index contributed by atoms with van der Waals surface area (Å²) in [6.45, 7) is 1.96. The van der Waals surface area contributed by atoms with Crippen LogP contribution in [0.15, 0.2) is 77.3 Å². The summed E-state index contributed by atoms with van der Waals surface area (Å²) in [6, 6.07) is 22.9. The maximum Gasteiger partial charge on any atom is 0.216 e. The van der Waals surface area contributed by atoms with Crippen LogP contribution in [0.3, 0.4) is 0 Å². The lowest BCUT2D eigenvalue weighted by atomic mass is 9.66. The van der Waals surface area contributed by atoms with Crippen molar-refractivity contribution >= 4 is 21.9 Å². The van der Waals surface area contributed by atoms with Crippen molar-refractivity contribution in [2.45, 2.75) is 57.8 Å². The van der Waals surface area contributed by atoms with Gasteiger partial charge in [-0.2, -0.15) is 0 Å². The Morgan fingerprint density at radius 3 is 2.47 bits per heavy atom. The summed E-state index contributed by atoms with van der Waals surface area (Å²) < 4.78 is 24.1. The third-order valence-electron chi connectivity index (χ3n) is 9.46. The molecule has 2 aliphatic carbocycles. The van der Waals surface area contributed by atoms with E-state index in [0.717, 1.165) is 50.8 Å². The zero-order chi connectivity index (χ0) is 25.8. The monoisotopic (exact) mass is 504 g/mol. The van der Waals surface area contributed by atoms with Crippen molar-refractivity contribution in [1.82, 2.24) is 0 Å². The molecule has 2 nitrogen and oxygen atoms in total. The first-order chi connectivity index (χ1) is 18.6. The minimum absolute atomic E-state index is 0.232. The molecule has 2 saturated carbocycles. The normalized spacial score (nSPS) is 21.6. The van der Waals surface area contributed by atoms with Crippen LogP contribution in [0, 0.1) is 24.6 Å². The molecule has 5 aromatic rings. The third kappa shape index (κ3) is 3.86. The minimum Gasteiger partial charge on any atom is -0.454 e. The summed E-state index contributed by atoms with van der Waals surface area (Å²) in [7, 11) is 2.01. The van der Waals surface area contributed by atoms with Crippen LogP contribution in [0.1, 0.15) is 62.0 Å². The van der Waals surface area contributed by atoms with Crippen LogP contribution in [0.4, 0.5) is 4.39 Å². The van der Waals surface area contributed by atoms with E-state index in [1.54, 1.807) is 6.07 Å². The van der Waals surface area contributed by atoms with Crippen LogP contribution in [-0.4, -0.2) is 0 Å². The van der Waals surface area contributed by atoms with Crippen LogP contribution in [0.5, 0.6) is 0 Å². The van der Waals surface area contributed by atoms with Crippen molar-refractivity contribution in [1.29, 1.82) is 0 Å². The highest BCUT2D eigenvalue weighted by molar-refractivity contribution is 6.13. The lowest BCUT2D eigenvalue weighted by molar-refractivity contribution is -0.660. The molecule has 2 heterocycles. The van der Waals surface area contributed by atoms with Gasteiger partial charge in [-0.3, -0.25) is 0 Å². The molecule has 0 aliphatic heterocycles. The van der Waals surface area contributed by atoms with Gasteiger partial charge in [0, 0.05) is 23.1 Å². The lowest BCUT2D eigenvalue weighted by Crippen LogP contribution is -2.30. The van der Waals surface area contributed by atoms with Crippen molar-refractivity contribution in [2.75, 3.05) is 0 Å². The molecule has 192 valence electrons. The van der Waals surface area contributed by atoms with E-state index in [-0.39, 0.29) is 5.82 Å². The predicted octanol–water partition coefficient (Wildman–Crippen LogP) is 9.27. The second-order valence-corrected chi connectivity index (χ2v) is 11.7. The van der Waals surface area contributed by atoms with Crippen molar-refractivity contribution < 1.29 is 13.4 Å². The molecule has 0 N–H and O–H groups in total. The first kappa shape index (κ1) is 23.6. The number of rotatable bonds is 3. The molecule has 0 saturated heterocycles. The fraction of sp³-hybridized carbons (Fsp3) is 0.343. The average molecular weight is 505 g/mol. The number of furan rings is 1. The highest BCUT2D eigenvalue weighted by Gasteiger charge is 2.32. The van der Waals surface area contributed by atoms with E-state index < -0.39 is 0 Å². The van der Waals surface area contributed by atoms with E-state index in [1.807, 2.05) is 44.4 Å².